The fraction of sp³-hybridized carbons (Fsp3) is 0.409. The zero-order valence-corrected chi connectivity index (χ0v) is 19.2. The number of hydrogen-bond donors (Lipinski definition) is 2. The topological polar surface area (TPSA) is 122 Å². The predicted octanol–water partition coefficient (Wildman–Crippen LogP) is 5.88. The van der Waals surface area contributed by atoms with Gasteiger partial charge in [-0.1, -0.05) is 33.1 Å². The van der Waals surface area contributed by atoms with E-state index in [1.165, 1.54) is 43.9 Å². The largest absolute Gasteiger partial charge is 0.399 e. The highest BCUT2D eigenvalue weighted by Gasteiger charge is 2.12. The summed E-state index contributed by atoms with van der Waals surface area (Å²) in [5.74, 6) is 0. The molecule has 0 fully saturated rings. The molecule has 0 saturated carbocycles. The molecule has 0 aromatic heterocycles. The summed E-state index contributed by atoms with van der Waals surface area (Å²) < 4.78 is 0.359. The average Bonchev–Trinajstić information content (AvgIpc) is 2.73. The number of anilines is 3. The summed E-state index contributed by atoms with van der Waals surface area (Å²) in [5.41, 5.74) is 13.5. The van der Waals surface area contributed by atoms with Gasteiger partial charge in [0.2, 0.25) is 0 Å². The van der Waals surface area contributed by atoms with E-state index in [-0.39, 0.29) is 16.9 Å². The number of nitro groups is 1. The Morgan fingerprint density at radius 2 is 1.73 bits per heavy atom. The molecule has 0 spiro atoms. The third kappa shape index (κ3) is 8.29. The minimum atomic E-state index is -0.578. The van der Waals surface area contributed by atoms with E-state index in [0.29, 0.717) is 4.47 Å². The van der Waals surface area contributed by atoms with E-state index < -0.39 is 4.92 Å². The number of rotatable bonds is 9. The smallest absolute Gasteiger partial charge is 0.272 e. The zero-order valence-electron chi connectivity index (χ0n) is 17.6. The molecule has 0 amide bonds. The molecule has 0 bridgehead atoms. The average molecular weight is 476 g/mol. The highest BCUT2D eigenvalue weighted by Crippen LogP contribution is 2.28. The van der Waals surface area contributed by atoms with Crippen LogP contribution in [0.4, 0.5) is 22.7 Å². The Labute approximate surface area is 186 Å². The Morgan fingerprint density at radius 1 is 1.07 bits per heavy atom. The van der Waals surface area contributed by atoms with Crippen LogP contribution >= 0.6 is 15.9 Å². The lowest BCUT2D eigenvalue weighted by Crippen LogP contribution is -2.25. The first kappa shape index (κ1) is 25.2. The van der Waals surface area contributed by atoms with E-state index in [4.69, 9.17) is 16.7 Å². The summed E-state index contributed by atoms with van der Waals surface area (Å²) in [6.45, 7) is 6.79. The second-order valence-corrected chi connectivity index (χ2v) is 7.75. The van der Waals surface area contributed by atoms with Gasteiger partial charge >= 0.3 is 0 Å². The second kappa shape index (κ2) is 13.4. The zero-order chi connectivity index (χ0) is 22.5. The number of nitrogens with zero attached hydrogens (tertiary/aromatic N) is 3. The highest BCUT2D eigenvalue weighted by atomic mass is 79.9. The molecule has 162 valence electrons. The standard InChI is InChI=1S/C15H26N2.C7H4BrN3O2/c1-3-5-6-7-13-17(12-4-2)15-10-8-14(16)9-11-15;8-6-2-5(11(12)13)1-4(3-9)7(6)10/h8-11H,3-7,12-13,16H2,1-2H3;1-2H,10H2. The Kier molecular flexibility index (Phi) is 11.3. The summed E-state index contributed by atoms with van der Waals surface area (Å²) in [6, 6.07) is 12.4. The van der Waals surface area contributed by atoms with Crippen molar-refractivity contribution < 1.29 is 4.92 Å². The molecule has 0 atom stereocenters. The van der Waals surface area contributed by atoms with Gasteiger partial charge in [0.1, 0.15) is 6.07 Å². The molecule has 2 aromatic carbocycles. The molecule has 0 radical (unpaired) electrons. The van der Waals surface area contributed by atoms with E-state index in [0.717, 1.165) is 24.8 Å². The first-order valence-electron chi connectivity index (χ1n) is 10.1. The van der Waals surface area contributed by atoms with Crippen LogP contribution in [-0.2, 0) is 0 Å². The maximum atomic E-state index is 10.4. The molecule has 0 heterocycles. The molecule has 30 heavy (non-hydrogen) atoms. The predicted molar refractivity (Wildman–Crippen MR) is 127 cm³/mol. The van der Waals surface area contributed by atoms with Crippen LogP contribution in [-0.4, -0.2) is 18.0 Å². The number of benzene rings is 2. The lowest BCUT2D eigenvalue weighted by molar-refractivity contribution is -0.384. The molecule has 0 aliphatic rings. The molecule has 8 heteroatoms. The van der Waals surface area contributed by atoms with Gasteiger partial charge < -0.3 is 16.4 Å². The summed E-state index contributed by atoms with van der Waals surface area (Å²) in [4.78, 5) is 12.3. The molecule has 7 nitrogen and oxygen atoms in total. The third-order valence-electron chi connectivity index (χ3n) is 4.48. The van der Waals surface area contributed by atoms with E-state index >= 15 is 0 Å². The maximum absolute atomic E-state index is 10.4. The Balaban J connectivity index is 0.000000311. The van der Waals surface area contributed by atoms with E-state index in [1.54, 1.807) is 6.07 Å². The number of non-ortho nitro benzene ring substituents is 1. The van der Waals surface area contributed by atoms with Crippen LogP contribution in [0.25, 0.3) is 0 Å². The number of nitrogen functional groups attached to an aromatic ring is 2. The van der Waals surface area contributed by atoms with Crippen LogP contribution in [0.1, 0.15) is 51.5 Å². The normalized spacial score (nSPS) is 9.93. The minimum Gasteiger partial charge on any atom is -0.399 e. The van der Waals surface area contributed by atoms with Crippen molar-refractivity contribution >= 4 is 38.7 Å². The van der Waals surface area contributed by atoms with Crippen LogP contribution in [0.5, 0.6) is 0 Å². The first-order chi connectivity index (χ1) is 14.3. The Hall–Kier alpha value is -2.79. The van der Waals surface area contributed by atoms with Crippen LogP contribution in [0.2, 0.25) is 0 Å². The molecular formula is C22H30BrN5O2. The van der Waals surface area contributed by atoms with Crippen molar-refractivity contribution in [3.05, 3.63) is 56.5 Å². The molecule has 0 saturated heterocycles. The molecule has 2 aromatic rings. The van der Waals surface area contributed by atoms with Crippen LogP contribution < -0.4 is 16.4 Å². The number of nitrogens with two attached hydrogens (primary N) is 2. The van der Waals surface area contributed by atoms with Crippen molar-refractivity contribution in [2.45, 2.75) is 46.0 Å². The van der Waals surface area contributed by atoms with Gasteiger partial charge in [0.15, 0.2) is 0 Å². The van der Waals surface area contributed by atoms with Crippen LogP contribution in [0, 0.1) is 21.4 Å². The summed E-state index contributed by atoms with van der Waals surface area (Å²) in [7, 11) is 0. The summed E-state index contributed by atoms with van der Waals surface area (Å²) in [5, 5.41) is 18.9. The molecular weight excluding hydrogens is 446 g/mol. The SMILES string of the molecule is CCCCCCN(CCC)c1ccc(N)cc1.N#Cc1cc([N+](=O)[O-])cc(Br)c1N. The minimum absolute atomic E-state index is 0.0982. The summed E-state index contributed by atoms with van der Waals surface area (Å²) in [6.07, 6.45) is 6.47. The second-order valence-electron chi connectivity index (χ2n) is 6.90. The van der Waals surface area contributed by atoms with E-state index in [2.05, 4.69) is 46.8 Å². The fourth-order valence-corrected chi connectivity index (χ4v) is 3.30. The highest BCUT2D eigenvalue weighted by molar-refractivity contribution is 9.10. The van der Waals surface area contributed by atoms with Gasteiger partial charge in [0.25, 0.3) is 5.69 Å². The van der Waals surface area contributed by atoms with Crippen molar-refractivity contribution in [1.82, 2.24) is 0 Å². The van der Waals surface area contributed by atoms with E-state index in [9.17, 15) is 10.1 Å². The molecule has 0 aliphatic carbocycles. The lowest BCUT2D eigenvalue weighted by Gasteiger charge is -2.24. The van der Waals surface area contributed by atoms with Gasteiger partial charge in [-0.3, -0.25) is 10.1 Å². The number of halogens is 1. The Bertz CT molecular complexity index is 850. The molecule has 0 aliphatic heterocycles. The molecule has 0 unspecified atom stereocenters. The quantitative estimate of drug-likeness (QED) is 0.202. The van der Waals surface area contributed by atoms with Crippen molar-refractivity contribution in [2.24, 2.45) is 0 Å². The van der Waals surface area contributed by atoms with Gasteiger partial charge in [0.05, 0.1) is 16.2 Å². The molecule has 2 rings (SSSR count). The molecule has 4 N–H and O–H groups in total. The van der Waals surface area contributed by atoms with Crippen molar-refractivity contribution in [3.63, 3.8) is 0 Å². The van der Waals surface area contributed by atoms with E-state index in [1.807, 2.05) is 12.1 Å². The van der Waals surface area contributed by atoms with Gasteiger partial charge in [-0.15, -0.1) is 0 Å². The monoisotopic (exact) mass is 475 g/mol. The summed E-state index contributed by atoms with van der Waals surface area (Å²) >= 11 is 3.03. The first-order valence-corrected chi connectivity index (χ1v) is 10.9. The lowest BCUT2D eigenvalue weighted by atomic mass is 10.2. The van der Waals surface area contributed by atoms with Crippen LogP contribution in [0.3, 0.4) is 0 Å². The van der Waals surface area contributed by atoms with Crippen molar-refractivity contribution in [3.8, 4) is 6.07 Å². The number of unbranched alkanes of at least 4 members (excludes halogenated alkanes) is 3. The van der Waals surface area contributed by atoms with Gasteiger partial charge in [-0.25, -0.2) is 0 Å². The third-order valence-corrected chi connectivity index (χ3v) is 5.14. The van der Waals surface area contributed by atoms with Gasteiger partial charge in [-0.05, 0) is 53.0 Å². The number of nitriles is 1. The fourth-order valence-electron chi connectivity index (χ4n) is 2.86. The van der Waals surface area contributed by atoms with Gasteiger partial charge in [-0.2, -0.15) is 5.26 Å². The number of nitro benzene ring substituents is 1. The van der Waals surface area contributed by atoms with Crippen molar-refractivity contribution in [2.75, 3.05) is 29.5 Å². The number of hydrogen-bond acceptors (Lipinski definition) is 6. The van der Waals surface area contributed by atoms with Gasteiger partial charge in [0, 0.05) is 41.1 Å². The van der Waals surface area contributed by atoms with Crippen LogP contribution in [0.15, 0.2) is 40.9 Å². The maximum Gasteiger partial charge on any atom is 0.272 e. The Morgan fingerprint density at radius 3 is 2.27 bits per heavy atom. The van der Waals surface area contributed by atoms with Crippen molar-refractivity contribution in [1.29, 1.82) is 5.26 Å².